The fourth-order valence-corrected chi connectivity index (χ4v) is 2.83. The van der Waals surface area contributed by atoms with Crippen LogP contribution in [0.25, 0.3) is 11.1 Å². The number of ether oxygens (including phenoxy) is 1. The second-order valence-electron chi connectivity index (χ2n) is 4.91. The lowest BCUT2D eigenvalue weighted by atomic mass is 10.1. The van der Waals surface area contributed by atoms with Gasteiger partial charge in [-0.1, -0.05) is 0 Å². The van der Waals surface area contributed by atoms with Crippen molar-refractivity contribution in [1.82, 2.24) is 9.88 Å². The Bertz CT molecular complexity index is 764. The molecule has 1 amide bonds. The van der Waals surface area contributed by atoms with Crippen LogP contribution in [0, 0.1) is 4.84 Å². The number of aromatic amines is 1. The number of esters is 1. The van der Waals surface area contributed by atoms with Gasteiger partial charge >= 0.3 is 5.97 Å². The monoisotopic (exact) mass is 306 g/mol. The first-order chi connectivity index (χ1) is 10.1. The molecular formula is C14H14N2O4S. The Morgan fingerprint density at radius 1 is 1.48 bits per heavy atom. The van der Waals surface area contributed by atoms with Crippen LogP contribution in [-0.2, 0) is 9.53 Å². The van der Waals surface area contributed by atoms with Crippen LogP contribution in [0.4, 0.5) is 0 Å². The standard InChI is InChI=1S/C14H14N2O4S/c1-19-13(18)10-3-2-6-16(10)12(17)8-4-5-9-11(7-8)20-14(21)15-9/h4-5,7,10H,2-3,6H2,1H3,(H,15,21). The highest BCUT2D eigenvalue weighted by atomic mass is 32.1. The van der Waals surface area contributed by atoms with Crippen LogP contribution < -0.4 is 0 Å². The van der Waals surface area contributed by atoms with Crippen LogP contribution in [0.1, 0.15) is 23.2 Å². The summed E-state index contributed by atoms with van der Waals surface area (Å²) in [4.78, 5) is 29.0. The molecule has 1 N–H and O–H groups in total. The molecule has 1 fully saturated rings. The minimum absolute atomic E-state index is 0.202. The van der Waals surface area contributed by atoms with E-state index in [9.17, 15) is 9.59 Å². The molecule has 0 aliphatic carbocycles. The number of benzene rings is 1. The molecule has 1 aliphatic rings. The molecule has 0 spiro atoms. The third-order valence-corrected chi connectivity index (χ3v) is 3.84. The Morgan fingerprint density at radius 3 is 3.05 bits per heavy atom. The van der Waals surface area contributed by atoms with Crippen LogP contribution in [0.15, 0.2) is 22.6 Å². The van der Waals surface area contributed by atoms with E-state index < -0.39 is 6.04 Å². The van der Waals surface area contributed by atoms with E-state index in [-0.39, 0.29) is 16.7 Å². The zero-order valence-electron chi connectivity index (χ0n) is 11.4. The lowest BCUT2D eigenvalue weighted by molar-refractivity contribution is -0.145. The predicted molar refractivity (Wildman–Crippen MR) is 77.5 cm³/mol. The molecule has 1 atom stereocenters. The van der Waals surface area contributed by atoms with Crippen molar-refractivity contribution in [2.24, 2.45) is 0 Å². The van der Waals surface area contributed by atoms with Crippen molar-refractivity contribution >= 4 is 35.2 Å². The number of hydrogen-bond donors (Lipinski definition) is 1. The summed E-state index contributed by atoms with van der Waals surface area (Å²) in [6.07, 6.45) is 1.42. The molecule has 2 heterocycles. The summed E-state index contributed by atoms with van der Waals surface area (Å²) in [5.41, 5.74) is 1.73. The second kappa shape index (κ2) is 5.33. The fraction of sp³-hybridized carbons (Fsp3) is 0.357. The van der Waals surface area contributed by atoms with Gasteiger partial charge in [0.1, 0.15) is 6.04 Å². The topological polar surface area (TPSA) is 75.5 Å². The average Bonchev–Trinajstić information content (AvgIpc) is 3.09. The van der Waals surface area contributed by atoms with Crippen molar-refractivity contribution in [2.45, 2.75) is 18.9 Å². The lowest BCUT2D eigenvalue weighted by Crippen LogP contribution is -2.41. The Morgan fingerprint density at radius 2 is 2.29 bits per heavy atom. The largest absolute Gasteiger partial charge is 0.467 e. The smallest absolute Gasteiger partial charge is 0.328 e. The molecular weight excluding hydrogens is 292 g/mol. The summed E-state index contributed by atoms with van der Waals surface area (Å²) >= 11 is 4.92. The summed E-state index contributed by atoms with van der Waals surface area (Å²) < 4.78 is 10.1. The lowest BCUT2D eigenvalue weighted by Gasteiger charge is -2.22. The molecule has 1 saturated heterocycles. The van der Waals surface area contributed by atoms with E-state index in [1.165, 1.54) is 7.11 Å². The summed E-state index contributed by atoms with van der Waals surface area (Å²) in [5, 5.41) is 0. The number of oxazole rings is 1. The van der Waals surface area contributed by atoms with Crippen molar-refractivity contribution in [3.63, 3.8) is 0 Å². The Kier molecular flexibility index (Phi) is 3.50. The zero-order valence-corrected chi connectivity index (χ0v) is 12.2. The summed E-state index contributed by atoms with van der Waals surface area (Å²) in [5.74, 6) is -0.576. The SMILES string of the molecule is COC(=O)C1CCCN1C(=O)c1ccc2[nH]c(=S)oc2c1. The maximum atomic E-state index is 12.6. The van der Waals surface area contributed by atoms with E-state index in [4.69, 9.17) is 21.4 Å². The molecule has 2 aromatic rings. The van der Waals surface area contributed by atoms with Gasteiger partial charge < -0.3 is 19.0 Å². The van der Waals surface area contributed by atoms with E-state index in [0.717, 1.165) is 11.9 Å². The molecule has 3 rings (SSSR count). The van der Waals surface area contributed by atoms with Gasteiger partial charge in [0.15, 0.2) is 5.58 Å². The van der Waals surface area contributed by atoms with E-state index in [1.54, 1.807) is 23.1 Å². The normalized spacial score (nSPS) is 18.1. The fourth-order valence-electron chi connectivity index (χ4n) is 2.64. The highest BCUT2D eigenvalue weighted by Crippen LogP contribution is 2.23. The van der Waals surface area contributed by atoms with Crippen molar-refractivity contribution in [2.75, 3.05) is 13.7 Å². The van der Waals surface area contributed by atoms with Gasteiger partial charge in [-0.3, -0.25) is 4.79 Å². The Balaban J connectivity index is 1.92. The number of nitrogens with one attached hydrogen (secondary N) is 1. The van der Waals surface area contributed by atoms with Gasteiger partial charge in [-0.2, -0.15) is 0 Å². The number of nitrogens with zero attached hydrogens (tertiary/aromatic N) is 1. The van der Waals surface area contributed by atoms with Crippen LogP contribution >= 0.6 is 12.2 Å². The van der Waals surface area contributed by atoms with Crippen molar-refractivity contribution in [3.05, 3.63) is 28.6 Å². The van der Waals surface area contributed by atoms with Crippen LogP contribution in [-0.4, -0.2) is 41.5 Å². The van der Waals surface area contributed by atoms with Gasteiger partial charge in [-0.15, -0.1) is 0 Å². The molecule has 0 radical (unpaired) electrons. The highest BCUT2D eigenvalue weighted by Gasteiger charge is 2.35. The Hall–Kier alpha value is -2.15. The third-order valence-electron chi connectivity index (χ3n) is 3.65. The number of hydrogen-bond acceptors (Lipinski definition) is 5. The number of carbonyl (C=O) groups is 2. The first-order valence-corrected chi connectivity index (χ1v) is 7.02. The Labute approximate surface area is 125 Å². The minimum atomic E-state index is -0.504. The van der Waals surface area contributed by atoms with Gasteiger partial charge in [0.25, 0.3) is 10.7 Å². The number of aromatic nitrogens is 1. The predicted octanol–water partition coefficient (Wildman–Crippen LogP) is 2.27. The number of H-pyrrole nitrogens is 1. The third kappa shape index (κ3) is 2.44. The van der Waals surface area contributed by atoms with Gasteiger partial charge in [0.2, 0.25) is 0 Å². The molecule has 0 saturated carbocycles. The number of rotatable bonds is 2. The van der Waals surface area contributed by atoms with Crippen molar-refractivity contribution in [3.8, 4) is 0 Å². The van der Waals surface area contributed by atoms with Crippen molar-refractivity contribution < 1.29 is 18.7 Å². The molecule has 110 valence electrons. The molecule has 0 bridgehead atoms. The summed E-state index contributed by atoms with van der Waals surface area (Å²) in [7, 11) is 1.33. The first kappa shape index (κ1) is 13.8. The molecule has 7 heteroatoms. The average molecular weight is 306 g/mol. The second-order valence-corrected chi connectivity index (χ2v) is 5.28. The summed E-state index contributed by atoms with van der Waals surface area (Å²) in [6.45, 7) is 0.549. The van der Waals surface area contributed by atoms with Crippen LogP contribution in [0.2, 0.25) is 0 Å². The van der Waals surface area contributed by atoms with Gasteiger partial charge in [0.05, 0.1) is 12.6 Å². The highest BCUT2D eigenvalue weighted by molar-refractivity contribution is 7.71. The maximum absolute atomic E-state index is 12.6. The number of carbonyl (C=O) groups excluding carboxylic acids is 2. The van der Waals surface area contributed by atoms with E-state index in [0.29, 0.717) is 24.1 Å². The number of amides is 1. The van der Waals surface area contributed by atoms with Gasteiger partial charge in [-0.05, 0) is 43.3 Å². The molecule has 1 aliphatic heterocycles. The maximum Gasteiger partial charge on any atom is 0.328 e. The van der Waals surface area contributed by atoms with E-state index >= 15 is 0 Å². The number of methoxy groups -OCH3 is 1. The van der Waals surface area contributed by atoms with Crippen LogP contribution in [0.5, 0.6) is 0 Å². The number of likely N-dealkylation sites (tertiary alicyclic amines) is 1. The minimum Gasteiger partial charge on any atom is -0.467 e. The molecule has 1 aromatic carbocycles. The molecule has 6 nitrogen and oxygen atoms in total. The van der Waals surface area contributed by atoms with Gasteiger partial charge in [0, 0.05) is 12.1 Å². The van der Waals surface area contributed by atoms with E-state index in [1.807, 2.05) is 0 Å². The van der Waals surface area contributed by atoms with E-state index in [2.05, 4.69) is 4.98 Å². The number of fused-ring (bicyclic) bond motifs is 1. The van der Waals surface area contributed by atoms with Crippen LogP contribution in [0.3, 0.4) is 0 Å². The molecule has 1 aromatic heterocycles. The quantitative estimate of drug-likeness (QED) is 0.680. The van der Waals surface area contributed by atoms with Gasteiger partial charge in [-0.25, -0.2) is 4.79 Å². The first-order valence-electron chi connectivity index (χ1n) is 6.62. The zero-order chi connectivity index (χ0) is 15.0. The molecule has 1 unspecified atom stereocenters. The summed E-state index contributed by atoms with van der Waals surface area (Å²) in [6, 6.07) is 4.57. The van der Waals surface area contributed by atoms with Crippen molar-refractivity contribution in [1.29, 1.82) is 0 Å². The molecule has 21 heavy (non-hydrogen) atoms.